The molecule has 3 atom stereocenters. The molecule has 0 saturated heterocycles. The Bertz CT molecular complexity index is 1740. The normalized spacial score (nSPS) is 22.1. The first-order chi connectivity index (χ1) is 19.1. The molecule has 2 aliphatic rings. The summed E-state index contributed by atoms with van der Waals surface area (Å²) in [5.74, 6) is -4.38. The van der Waals surface area contributed by atoms with E-state index >= 15 is 0 Å². The average Bonchev–Trinajstić information content (AvgIpc) is 3.08. The number of esters is 1. The van der Waals surface area contributed by atoms with Crippen LogP contribution in [0.1, 0.15) is 27.4 Å². The average molecular weight is 548 g/mol. The van der Waals surface area contributed by atoms with Crippen molar-refractivity contribution in [3.05, 3.63) is 113 Å². The number of fused-ring (bicyclic) bond motifs is 4. The highest BCUT2D eigenvalue weighted by Crippen LogP contribution is 2.56. The Kier molecular flexibility index (Phi) is 5.79. The van der Waals surface area contributed by atoms with Crippen molar-refractivity contribution in [1.82, 2.24) is 0 Å². The number of carbonyl (C=O) groups excluding carboxylic acids is 2. The van der Waals surface area contributed by atoms with Gasteiger partial charge in [-0.2, -0.15) is 0 Å². The molecule has 7 nitrogen and oxygen atoms in total. The minimum Gasteiger partial charge on any atom is -0.492 e. The number of Topliss-reactive ketones (excluding diaryl/α,β-unsaturated/α-hetero) is 1. The van der Waals surface area contributed by atoms with E-state index in [0.717, 1.165) is 12.1 Å². The number of halogens is 3. The molecule has 40 heavy (non-hydrogen) atoms. The standard InChI is InChI=1S/C30H19F3O7/c1-2-17-15-37-25-19-7-3-5-9-21(19)38-27(35)23(25)24(16-11-13-18(14-12-16)40-30(31,32)33)29(17)26(34)20-8-4-6-10-22(20)39-28(29)36/h2-14,17,24H,1,15H2/t17-,24-,29+/m0/s1. The summed E-state index contributed by atoms with van der Waals surface area (Å²) in [5, 5.41) is 0.413. The number of alkyl halides is 3. The van der Waals surface area contributed by atoms with Crippen molar-refractivity contribution < 1.29 is 41.4 Å². The zero-order chi connectivity index (χ0) is 28.2. The lowest BCUT2D eigenvalue weighted by Gasteiger charge is -2.42. The van der Waals surface area contributed by atoms with E-state index in [1.54, 1.807) is 36.4 Å². The number of rotatable bonds is 3. The molecule has 4 aromatic rings. The van der Waals surface area contributed by atoms with E-state index in [1.807, 2.05) is 0 Å². The van der Waals surface area contributed by atoms with E-state index in [9.17, 15) is 27.6 Å². The smallest absolute Gasteiger partial charge is 0.492 e. The molecule has 0 N–H and O–H groups in total. The Morgan fingerprint density at radius 2 is 1.65 bits per heavy atom. The maximum Gasteiger partial charge on any atom is 0.573 e. The number of ketones is 1. The van der Waals surface area contributed by atoms with Crippen molar-refractivity contribution >= 4 is 22.7 Å². The van der Waals surface area contributed by atoms with Crippen LogP contribution >= 0.6 is 0 Å². The Labute approximate surface area is 224 Å². The lowest BCUT2D eigenvalue weighted by Crippen LogP contribution is -2.55. The molecule has 0 aliphatic carbocycles. The first-order valence-corrected chi connectivity index (χ1v) is 12.2. The van der Waals surface area contributed by atoms with Gasteiger partial charge in [0.1, 0.15) is 22.8 Å². The molecule has 0 bridgehead atoms. The van der Waals surface area contributed by atoms with Crippen LogP contribution in [0.2, 0.25) is 0 Å². The quantitative estimate of drug-likeness (QED) is 0.105. The van der Waals surface area contributed by atoms with Crippen molar-refractivity contribution in [2.24, 2.45) is 11.3 Å². The molecule has 3 aromatic carbocycles. The fraction of sp³-hybridized carbons (Fsp3) is 0.167. The van der Waals surface area contributed by atoms with Crippen molar-refractivity contribution in [1.29, 1.82) is 0 Å². The highest BCUT2D eigenvalue weighted by molar-refractivity contribution is 6.18. The van der Waals surface area contributed by atoms with Crippen LogP contribution in [0.15, 0.2) is 94.7 Å². The van der Waals surface area contributed by atoms with E-state index < -0.39 is 46.7 Å². The molecule has 0 saturated carbocycles. The Morgan fingerprint density at radius 1 is 0.950 bits per heavy atom. The molecular formula is C30H19F3O7. The first-order valence-electron chi connectivity index (χ1n) is 12.2. The van der Waals surface area contributed by atoms with Crippen molar-refractivity contribution in [2.45, 2.75) is 12.3 Å². The SMILES string of the molecule is C=C[C@H]1COc2c(c(=O)oc3ccccc23)[C@H](c2ccc(OC(F)(F)F)cc2)[C@]12C(=O)Oc1ccccc1C2=O. The molecule has 10 heteroatoms. The molecule has 2 aliphatic heterocycles. The van der Waals surface area contributed by atoms with E-state index in [-0.39, 0.29) is 40.4 Å². The largest absolute Gasteiger partial charge is 0.573 e. The first kappa shape index (κ1) is 25.4. The molecule has 0 fully saturated rings. The summed E-state index contributed by atoms with van der Waals surface area (Å²) in [6, 6.07) is 17.4. The minimum absolute atomic E-state index is 0.0505. The highest BCUT2D eigenvalue weighted by atomic mass is 19.4. The molecule has 0 amide bonds. The fourth-order valence-corrected chi connectivity index (χ4v) is 5.64. The fourth-order valence-electron chi connectivity index (χ4n) is 5.64. The summed E-state index contributed by atoms with van der Waals surface area (Å²) < 4.78 is 60.0. The summed E-state index contributed by atoms with van der Waals surface area (Å²) in [6.45, 7) is 3.62. The molecule has 0 unspecified atom stereocenters. The third kappa shape index (κ3) is 3.78. The zero-order valence-corrected chi connectivity index (χ0v) is 20.6. The van der Waals surface area contributed by atoms with Crippen LogP contribution in [-0.2, 0) is 4.79 Å². The van der Waals surface area contributed by atoms with E-state index in [0.29, 0.717) is 5.39 Å². The number of benzene rings is 3. The third-order valence-corrected chi connectivity index (χ3v) is 7.31. The number of hydrogen-bond donors (Lipinski definition) is 0. The van der Waals surface area contributed by atoms with Crippen molar-refractivity contribution in [3.63, 3.8) is 0 Å². The molecule has 0 radical (unpaired) electrons. The van der Waals surface area contributed by atoms with Gasteiger partial charge in [-0.15, -0.1) is 19.8 Å². The number of ether oxygens (including phenoxy) is 3. The summed E-state index contributed by atoms with van der Waals surface area (Å²) in [6.07, 6.45) is -3.55. The van der Waals surface area contributed by atoms with Crippen LogP contribution in [0.4, 0.5) is 13.2 Å². The molecular weight excluding hydrogens is 529 g/mol. The van der Waals surface area contributed by atoms with Crippen molar-refractivity contribution in [3.8, 4) is 17.2 Å². The van der Waals surface area contributed by atoms with E-state index in [2.05, 4.69) is 11.3 Å². The number of carbonyl (C=O) groups is 2. The van der Waals surface area contributed by atoms with Gasteiger partial charge in [0.05, 0.1) is 23.1 Å². The van der Waals surface area contributed by atoms with Gasteiger partial charge in [0.25, 0.3) is 0 Å². The van der Waals surface area contributed by atoms with Gasteiger partial charge in [-0.3, -0.25) is 9.59 Å². The minimum atomic E-state index is -4.94. The second kappa shape index (κ2) is 9.11. The summed E-state index contributed by atoms with van der Waals surface area (Å²) in [5.41, 5.74) is -2.64. The Balaban J connectivity index is 1.69. The molecule has 6 rings (SSSR count). The van der Waals surface area contributed by atoms with Crippen LogP contribution in [0, 0.1) is 11.3 Å². The monoisotopic (exact) mass is 548 g/mol. The lowest BCUT2D eigenvalue weighted by atomic mass is 9.58. The van der Waals surface area contributed by atoms with Gasteiger partial charge < -0.3 is 18.6 Å². The van der Waals surface area contributed by atoms with Gasteiger partial charge >= 0.3 is 18.0 Å². The van der Waals surface area contributed by atoms with Gasteiger partial charge in [-0.25, -0.2) is 4.79 Å². The summed E-state index contributed by atoms with van der Waals surface area (Å²) in [4.78, 5) is 42.1. The summed E-state index contributed by atoms with van der Waals surface area (Å²) >= 11 is 0. The van der Waals surface area contributed by atoms with Gasteiger partial charge in [0, 0.05) is 11.8 Å². The second-order valence-corrected chi connectivity index (χ2v) is 9.42. The maximum absolute atomic E-state index is 14.4. The lowest BCUT2D eigenvalue weighted by molar-refractivity contribution is -0.274. The van der Waals surface area contributed by atoms with Gasteiger partial charge in [-0.05, 0) is 42.0 Å². The van der Waals surface area contributed by atoms with Crippen LogP contribution in [-0.4, -0.2) is 24.7 Å². The molecule has 3 heterocycles. The second-order valence-electron chi connectivity index (χ2n) is 9.42. The van der Waals surface area contributed by atoms with Gasteiger partial charge in [0.15, 0.2) is 11.2 Å². The molecule has 1 spiro atoms. The van der Waals surface area contributed by atoms with Crippen LogP contribution in [0.3, 0.4) is 0 Å². The molecule has 202 valence electrons. The Hall–Kier alpha value is -4.86. The van der Waals surface area contributed by atoms with Gasteiger partial charge in [-0.1, -0.05) is 42.5 Å². The van der Waals surface area contributed by atoms with E-state index in [1.165, 1.54) is 30.3 Å². The maximum atomic E-state index is 14.4. The predicted octanol–water partition coefficient (Wildman–Crippen LogP) is 5.81. The van der Waals surface area contributed by atoms with Gasteiger partial charge in [0.2, 0.25) is 0 Å². The third-order valence-electron chi connectivity index (χ3n) is 7.31. The van der Waals surface area contributed by atoms with E-state index in [4.69, 9.17) is 13.9 Å². The van der Waals surface area contributed by atoms with Crippen molar-refractivity contribution in [2.75, 3.05) is 6.61 Å². The van der Waals surface area contributed by atoms with Crippen LogP contribution in [0.25, 0.3) is 11.0 Å². The predicted molar refractivity (Wildman–Crippen MR) is 135 cm³/mol. The van der Waals surface area contributed by atoms with Crippen LogP contribution in [0.5, 0.6) is 17.2 Å². The number of para-hydroxylation sites is 2. The summed E-state index contributed by atoms with van der Waals surface area (Å²) in [7, 11) is 0. The Morgan fingerprint density at radius 3 is 2.38 bits per heavy atom. The topological polar surface area (TPSA) is 92.0 Å². The number of hydrogen-bond acceptors (Lipinski definition) is 7. The zero-order valence-electron chi connectivity index (χ0n) is 20.6. The molecule has 1 aromatic heterocycles. The highest BCUT2D eigenvalue weighted by Gasteiger charge is 2.64. The van der Waals surface area contributed by atoms with Crippen LogP contribution < -0.4 is 19.8 Å².